The van der Waals surface area contributed by atoms with Gasteiger partial charge in [0.05, 0.1) is 0 Å². The SMILES string of the molecule is Cc1c(N)nc(C(C)C)nc1NC1(C(F)(F)F)CC1. The van der Waals surface area contributed by atoms with Crippen LogP contribution in [0.1, 0.15) is 44.0 Å². The van der Waals surface area contributed by atoms with E-state index in [4.69, 9.17) is 5.73 Å². The van der Waals surface area contributed by atoms with E-state index in [0.717, 1.165) is 0 Å². The number of alkyl halides is 3. The van der Waals surface area contributed by atoms with Crippen molar-refractivity contribution in [2.45, 2.75) is 51.2 Å². The molecule has 0 radical (unpaired) electrons. The fourth-order valence-electron chi connectivity index (χ4n) is 1.76. The zero-order valence-electron chi connectivity index (χ0n) is 11.1. The predicted molar refractivity (Wildman–Crippen MR) is 66.9 cm³/mol. The normalized spacial score (nSPS) is 17.6. The minimum Gasteiger partial charge on any atom is -0.383 e. The molecule has 0 atom stereocenters. The van der Waals surface area contributed by atoms with Crippen molar-refractivity contribution in [2.24, 2.45) is 0 Å². The Morgan fingerprint density at radius 3 is 2.26 bits per heavy atom. The second-order valence-corrected chi connectivity index (χ2v) is 5.30. The molecule has 1 aliphatic rings. The Morgan fingerprint density at radius 1 is 1.26 bits per heavy atom. The zero-order valence-corrected chi connectivity index (χ0v) is 11.1. The molecule has 1 aromatic rings. The predicted octanol–water partition coefficient (Wildman–Crippen LogP) is 3.00. The summed E-state index contributed by atoms with van der Waals surface area (Å²) < 4.78 is 38.8. The summed E-state index contributed by atoms with van der Waals surface area (Å²) in [6.07, 6.45) is -4.15. The van der Waals surface area contributed by atoms with Gasteiger partial charge in [-0.2, -0.15) is 13.2 Å². The Balaban J connectivity index is 2.35. The van der Waals surface area contributed by atoms with Gasteiger partial charge < -0.3 is 11.1 Å². The standard InChI is InChI=1S/C12H17F3N4/c1-6(2)9-17-8(16)7(3)10(18-9)19-11(4-5-11)12(13,14)15/h6H,4-5H2,1-3H3,(H3,16,17,18,19). The summed E-state index contributed by atoms with van der Waals surface area (Å²) in [4.78, 5) is 8.26. The summed E-state index contributed by atoms with van der Waals surface area (Å²) in [5.74, 6) is 0.860. The van der Waals surface area contributed by atoms with E-state index in [0.29, 0.717) is 11.4 Å². The van der Waals surface area contributed by atoms with E-state index in [1.807, 2.05) is 13.8 Å². The van der Waals surface area contributed by atoms with Crippen molar-refractivity contribution in [3.8, 4) is 0 Å². The second-order valence-electron chi connectivity index (χ2n) is 5.30. The third-order valence-electron chi connectivity index (χ3n) is 3.37. The topological polar surface area (TPSA) is 63.8 Å². The van der Waals surface area contributed by atoms with Crippen LogP contribution in [0.25, 0.3) is 0 Å². The van der Waals surface area contributed by atoms with Crippen LogP contribution in [-0.4, -0.2) is 21.7 Å². The first-order chi connectivity index (χ1) is 8.66. The Bertz CT molecular complexity index is 492. The number of anilines is 2. The van der Waals surface area contributed by atoms with Gasteiger partial charge in [0.1, 0.15) is 23.0 Å². The van der Waals surface area contributed by atoms with E-state index in [9.17, 15) is 13.2 Å². The third-order valence-corrected chi connectivity index (χ3v) is 3.37. The van der Waals surface area contributed by atoms with Gasteiger partial charge in [0.15, 0.2) is 0 Å². The van der Waals surface area contributed by atoms with Gasteiger partial charge in [-0.1, -0.05) is 13.8 Å². The van der Waals surface area contributed by atoms with Crippen LogP contribution in [0.2, 0.25) is 0 Å². The lowest BCUT2D eigenvalue weighted by Crippen LogP contribution is -2.39. The van der Waals surface area contributed by atoms with Gasteiger partial charge in [-0.3, -0.25) is 0 Å². The summed E-state index contributed by atoms with van der Waals surface area (Å²) in [6.45, 7) is 5.35. The van der Waals surface area contributed by atoms with Crippen LogP contribution < -0.4 is 11.1 Å². The van der Waals surface area contributed by atoms with Gasteiger partial charge in [-0.15, -0.1) is 0 Å². The van der Waals surface area contributed by atoms with E-state index >= 15 is 0 Å². The van der Waals surface area contributed by atoms with E-state index in [-0.39, 0.29) is 30.4 Å². The maximum Gasteiger partial charge on any atom is 0.411 e. The zero-order chi connectivity index (χ0) is 14.4. The molecule has 1 heterocycles. The van der Waals surface area contributed by atoms with Crippen molar-refractivity contribution in [2.75, 3.05) is 11.1 Å². The summed E-state index contributed by atoms with van der Waals surface area (Å²) in [5.41, 5.74) is 4.35. The van der Waals surface area contributed by atoms with Gasteiger partial charge >= 0.3 is 6.18 Å². The number of hydrogen-bond donors (Lipinski definition) is 2. The van der Waals surface area contributed by atoms with E-state index in [1.165, 1.54) is 0 Å². The maximum absolute atomic E-state index is 12.9. The highest BCUT2D eigenvalue weighted by molar-refractivity contribution is 5.57. The fourth-order valence-corrected chi connectivity index (χ4v) is 1.76. The quantitative estimate of drug-likeness (QED) is 0.889. The first-order valence-corrected chi connectivity index (χ1v) is 6.15. The molecule has 1 fully saturated rings. The lowest BCUT2D eigenvalue weighted by Gasteiger charge is -2.23. The first kappa shape index (κ1) is 13.9. The molecule has 0 unspecified atom stereocenters. The molecule has 4 nitrogen and oxygen atoms in total. The Labute approximate surface area is 109 Å². The molecule has 2 rings (SSSR count). The Kier molecular flexibility index (Phi) is 3.10. The van der Waals surface area contributed by atoms with Crippen LogP contribution in [0.3, 0.4) is 0 Å². The number of nitrogens with two attached hydrogens (primary N) is 1. The lowest BCUT2D eigenvalue weighted by molar-refractivity contribution is -0.151. The van der Waals surface area contributed by atoms with Crippen molar-refractivity contribution >= 4 is 11.6 Å². The molecule has 106 valence electrons. The number of rotatable bonds is 3. The fraction of sp³-hybridized carbons (Fsp3) is 0.667. The van der Waals surface area contributed by atoms with Crippen LogP contribution in [0.5, 0.6) is 0 Å². The molecular weight excluding hydrogens is 257 g/mol. The van der Waals surface area contributed by atoms with Gasteiger partial charge in [-0.05, 0) is 19.8 Å². The number of aromatic nitrogens is 2. The maximum atomic E-state index is 12.9. The van der Waals surface area contributed by atoms with Gasteiger partial charge in [0.25, 0.3) is 0 Å². The van der Waals surface area contributed by atoms with E-state index in [2.05, 4.69) is 15.3 Å². The minimum absolute atomic E-state index is 0.00416. The van der Waals surface area contributed by atoms with Crippen LogP contribution in [0.4, 0.5) is 24.8 Å². The average Bonchev–Trinajstić information content (AvgIpc) is 3.04. The molecule has 19 heavy (non-hydrogen) atoms. The summed E-state index contributed by atoms with van der Waals surface area (Å²) in [7, 11) is 0. The number of nitrogens with one attached hydrogen (secondary N) is 1. The molecule has 0 spiro atoms. The molecule has 3 N–H and O–H groups in total. The summed E-state index contributed by atoms with van der Waals surface area (Å²) >= 11 is 0. The largest absolute Gasteiger partial charge is 0.411 e. The van der Waals surface area contributed by atoms with Gasteiger partial charge in [0.2, 0.25) is 0 Å². The molecule has 0 bridgehead atoms. The molecule has 0 aliphatic heterocycles. The van der Waals surface area contributed by atoms with Crippen LogP contribution in [-0.2, 0) is 0 Å². The minimum atomic E-state index is -4.28. The highest BCUT2D eigenvalue weighted by Crippen LogP contribution is 2.51. The highest BCUT2D eigenvalue weighted by atomic mass is 19.4. The number of nitrogens with zero attached hydrogens (tertiary/aromatic N) is 2. The van der Waals surface area contributed by atoms with Gasteiger partial charge in [0, 0.05) is 11.5 Å². The molecule has 7 heteroatoms. The molecule has 0 amide bonds. The Hall–Kier alpha value is -1.53. The van der Waals surface area contributed by atoms with Crippen molar-refractivity contribution in [1.29, 1.82) is 0 Å². The molecule has 1 aliphatic carbocycles. The Morgan fingerprint density at radius 2 is 1.84 bits per heavy atom. The number of nitrogen functional groups attached to an aromatic ring is 1. The van der Waals surface area contributed by atoms with Crippen LogP contribution in [0, 0.1) is 6.92 Å². The van der Waals surface area contributed by atoms with Gasteiger partial charge in [-0.25, -0.2) is 9.97 Å². The summed E-state index contributed by atoms with van der Waals surface area (Å²) in [6, 6.07) is 0. The number of hydrogen-bond acceptors (Lipinski definition) is 4. The van der Waals surface area contributed by atoms with Crippen molar-refractivity contribution in [1.82, 2.24) is 9.97 Å². The van der Waals surface area contributed by atoms with Crippen LogP contribution in [0.15, 0.2) is 0 Å². The van der Waals surface area contributed by atoms with Crippen molar-refractivity contribution in [3.63, 3.8) is 0 Å². The monoisotopic (exact) mass is 274 g/mol. The lowest BCUT2D eigenvalue weighted by atomic mass is 10.2. The second kappa shape index (κ2) is 4.25. The third kappa shape index (κ3) is 2.46. The highest BCUT2D eigenvalue weighted by Gasteiger charge is 2.63. The molecule has 1 aromatic heterocycles. The van der Waals surface area contributed by atoms with Crippen molar-refractivity contribution in [3.05, 3.63) is 11.4 Å². The molecule has 1 saturated carbocycles. The van der Waals surface area contributed by atoms with Crippen LogP contribution >= 0.6 is 0 Å². The molecule has 0 aromatic carbocycles. The number of halogens is 3. The van der Waals surface area contributed by atoms with E-state index in [1.54, 1.807) is 6.92 Å². The summed E-state index contributed by atoms with van der Waals surface area (Å²) in [5, 5.41) is 2.52. The molecule has 0 saturated heterocycles. The molecular formula is C12H17F3N4. The average molecular weight is 274 g/mol. The smallest absolute Gasteiger partial charge is 0.383 e. The van der Waals surface area contributed by atoms with Crippen molar-refractivity contribution < 1.29 is 13.2 Å². The first-order valence-electron chi connectivity index (χ1n) is 6.15. The van der Waals surface area contributed by atoms with E-state index < -0.39 is 11.7 Å².